The molecule has 1 heterocycles. The molecule has 0 radical (unpaired) electrons. The Morgan fingerprint density at radius 1 is 1.20 bits per heavy atom. The minimum atomic E-state index is -4.86. The molecule has 0 aliphatic carbocycles. The van der Waals surface area contributed by atoms with Crippen LogP contribution in [0.4, 0.5) is 30.2 Å². The first-order valence-electron chi connectivity index (χ1n) is 9.29. The number of carbonyl (C=O) groups excluding carboxylic acids is 1. The zero-order chi connectivity index (χ0) is 21.9. The van der Waals surface area contributed by atoms with Crippen molar-refractivity contribution in [3.05, 3.63) is 57.6 Å². The number of anilines is 2. The van der Waals surface area contributed by atoms with Crippen LogP contribution in [0.5, 0.6) is 5.75 Å². The third-order valence-electron chi connectivity index (χ3n) is 4.79. The molecule has 30 heavy (non-hydrogen) atoms. The van der Waals surface area contributed by atoms with E-state index in [4.69, 9.17) is 4.74 Å². The number of carbonyl (C=O) groups is 1. The number of amides is 1. The van der Waals surface area contributed by atoms with E-state index >= 15 is 0 Å². The first kappa shape index (κ1) is 21.4. The highest BCUT2D eigenvalue weighted by Crippen LogP contribution is 2.38. The number of hydrogen-bond donors (Lipinski definition) is 1. The maximum absolute atomic E-state index is 13.2. The lowest BCUT2D eigenvalue weighted by molar-refractivity contribution is -0.385. The van der Waals surface area contributed by atoms with Crippen LogP contribution in [0, 0.1) is 17.0 Å². The minimum absolute atomic E-state index is 0.383. The second kappa shape index (κ2) is 8.60. The number of benzene rings is 2. The van der Waals surface area contributed by atoms with Crippen molar-refractivity contribution in [3.63, 3.8) is 0 Å². The number of nitro benzene ring substituents is 1. The Kier molecular flexibility index (Phi) is 6.14. The normalized spacial score (nSPS) is 13.9. The van der Waals surface area contributed by atoms with Gasteiger partial charge in [0.25, 0.3) is 11.6 Å². The number of ether oxygens (including phenoxy) is 1. The molecule has 1 fully saturated rings. The van der Waals surface area contributed by atoms with Crippen molar-refractivity contribution < 1.29 is 27.6 Å². The molecule has 7 nitrogen and oxygen atoms in total. The summed E-state index contributed by atoms with van der Waals surface area (Å²) in [7, 11) is 0. The van der Waals surface area contributed by atoms with E-state index in [1.54, 1.807) is 6.07 Å². The second-order valence-electron chi connectivity index (χ2n) is 6.97. The lowest BCUT2D eigenvalue weighted by atomic mass is 10.1. The van der Waals surface area contributed by atoms with Crippen LogP contribution in [-0.2, 0) is 11.0 Å². The van der Waals surface area contributed by atoms with Crippen LogP contribution in [-0.4, -0.2) is 30.5 Å². The smallest absolute Gasteiger partial charge is 0.420 e. The van der Waals surface area contributed by atoms with E-state index in [2.05, 4.69) is 10.2 Å². The molecule has 10 heteroatoms. The molecule has 1 aliphatic rings. The Hall–Kier alpha value is -3.30. The van der Waals surface area contributed by atoms with Gasteiger partial charge in [0.05, 0.1) is 4.92 Å². The fourth-order valence-electron chi connectivity index (χ4n) is 3.27. The Morgan fingerprint density at radius 3 is 2.50 bits per heavy atom. The lowest BCUT2D eigenvalue weighted by Gasteiger charge is -2.19. The minimum Gasteiger partial charge on any atom is -0.483 e. The van der Waals surface area contributed by atoms with Crippen molar-refractivity contribution in [2.24, 2.45) is 0 Å². The average molecular weight is 423 g/mol. The number of non-ortho nitro benzene ring substituents is 1. The van der Waals surface area contributed by atoms with E-state index in [1.165, 1.54) is 0 Å². The standard InChI is InChI=1S/C20H20F3N3O4/c1-13-10-14(25-8-2-3-9-25)4-6-17(13)24-19(27)12-30-18-7-5-15(26(28)29)11-16(18)20(21,22)23/h4-7,10-11H,2-3,8-9,12H2,1H3,(H,24,27). The summed E-state index contributed by atoms with van der Waals surface area (Å²) >= 11 is 0. The number of rotatable bonds is 6. The molecule has 0 spiro atoms. The van der Waals surface area contributed by atoms with Crippen molar-refractivity contribution in [2.75, 3.05) is 29.9 Å². The molecule has 2 aromatic rings. The van der Waals surface area contributed by atoms with E-state index in [0.29, 0.717) is 11.8 Å². The molecular weight excluding hydrogens is 403 g/mol. The molecule has 0 unspecified atom stereocenters. The number of halogens is 3. The predicted octanol–water partition coefficient (Wildman–Crippen LogP) is 4.54. The van der Waals surface area contributed by atoms with Crippen LogP contribution >= 0.6 is 0 Å². The second-order valence-corrected chi connectivity index (χ2v) is 6.97. The summed E-state index contributed by atoms with van der Waals surface area (Å²) < 4.78 is 44.5. The highest BCUT2D eigenvalue weighted by molar-refractivity contribution is 5.93. The van der Waals surface area contributed by atoms with Crippen LogP contribution < -0.4 is 15.0 Å². The molecule has 0 atom stereocenters. The van der Waals surface area contributed by atoms with Gasteiger partial charge in [-0.3, -0.25) is 14.9 Å². The van der Waals surface area contributed by atoms with E-state index in [-0.39, 0.29) is 0 Å². The topological polar surface area (TPSA) is 84.7 Å². The molecule has 1 saturated heterocycles. The quantitative estimate of drug-likeness (QED) is 0.545. The van der Waals surface area contributed by atoms with E-state index < -0.39 is 40.6 Å². The molecule has 1 N–H and O–H groups in total. The van der Waals surface area contributed by atoms with Crippen molar-refractivity contribution in [2.45, 2.75) is 25.9 Å². The number of nitro groups is 1. The summed E-state index contributed by atoms with van der Waals surface area (Å²) in [5.41, 5.74) is 0.383. The molecule has 2 aromatic carbocycles. The first-order valence-corrected chi connectivity index (χ1v) is 9.29. The van der Waals surface area contributed by atoms with Crippen molar-refractivity contribution in [1.29, 1.82) is 0 Å². The molecule has 0 saturated carbocycles. The molecule has 0 bridgehead atoms. The van der Waals surface area contributed by atoms with Gasteiger partial charge in [-0.2, -0.15) is 13.2 Å². The number of nitrogens with one attached hydrogen (secondary N) is 1. The summed E-state index contributed by atoms with van der Waals surface area (Å²) in [6.45, 7) is 3.12. The van der Waals surface area contributed by atoms with E-state index in [1.807, 2.05) is 19.1 Å². The van der Waals surface area contributed by atoms with Gasteiger partial charge < -0.3 is 15.0 Å². The Labute approximate surface area is 170 Å². The van der Waals surface area contributed by atoms with E-state index in [9.17, 15) is 28.1 Å². The average Bonchev–Trinajstić information content (AvgIpc) is 3.22. The van der Waals surface area contributed by atoms with Gasteiger partial charge in [0.1, 0.15) is 11.3 Å². The SMILES string of the molecule is Cc1cc(N2CCCC2)ccc1NC(=O)COc1ccc([N+](=O)[O-])cc1C(F)(F)F. The molecule has 3 rings (SSSR count). The zero-order valence-corrected chi connectivity index (χ0v) is 16.2. The highest BCUT2D eigenvalue weighted by Gasteiger charge is 2.36. The zero-order valence-electron chi connectivity index (χ0n) is 16.2. The van der Waals surface area contributed by atoms with Gasteiger partial charge in [-0.15, -0.1) is 0 Å². The molecule has 0 aromatic heterocycles. The summed E-state index contributed by atoms with van der Waals surface area (Å²) in [5, 5.41) is 13.3. The number of aryl methyl sites for hydroxylation is 1. The van der Waals surface area contributed by atoms with Crippen LogP contribution in [0.25, 0.3) is 0 Å². The molecular formula is C20H20F3N3O4. The summed E-state index contributed by atoms with van der Waals surface area (Å²) in [5.74, 6) is -1.29. The highest BCUT2D eigenvalue weighted by atomic mass is 19.4. The first-order chi connectivity index (χ1) is 14.1. The number of alkyl halides is 3. The van der Waals surface area contributed by atoms with E-state index in [0.717, 1.165) is 49.3 Å². The van der Waals surface area contributed by atoms with Gasteiger partial charge >= 0.3 is 6.18 Å². The summed E-state index contributed by atoms with van der Waals surface area (Å²) in [4.78, 5) is 24.2. The number of hydrogen-bond acceptors (Lipinski definition) is 5. The van der Waals surface area contributed by atoms with Gasteiger partial charge in [0, 0.05) is 36.6 Å². The van der Waals surface area contributed by atoms with Crippen molar-refractivity contribution >= 4 is 23.0 Å². The number of nitrogens with zero attached hydrogens (tertiary/aromatic N) is 2. The Morgan fingerprint density at radius 2 is 1.90 bits per heavy atom. The van der Waals surface area contributed by atoms with Gasteiger partial charge in [-0.1, -0.05) is 0 Å². The third kappa shape index (κ3) is 5.00. The predicted molar refractivity (Wildman–Crippen MR) is 105 cm³/mol. The lowest BCUT2D eigenvalue weighted by Crippen LogP contribution is -2.22. The van der Waals surface area contributed by atoms with Crippen molar-refractivity contribution in [1.82, 2.24) is 0 Å². The van der Waals surface area contributed by atoms with Gasteiger partial charge in [-0.05, 0) is 49.6 Å². The van der Waals surface area contributed by atoms with Gasteiger partial charge in [-0.25, -0.2) is 0 Å². The fraction of sp³-hybridized carbons (Fsp3) is 0.350. The monoisotopic (exact) mass is 423 g/mol. The van der Waals surface area contributed by atoms with Gasteiger partial charge in [0.15, 0.2) is 6.61 Å². The van der Waals surface area contributed by atoms with Crippen LogP contribution in [0.15, 0.2) is 36.4 Å². The fourth-order valence-corrected chi connectivity index (χ4v) is 3.27. The van der Waals surface area contributed by atoms with Crippen molar-refractivity contribution in [3.8, 4) is 5.75 Å². The maximum Gasteiger partial charge on any atom is 0.420 e. The summed E-state index contributed by atoms with van der Waals surface area (Å²) in [6, 6.07) is 7.68. The third-order valence-corrected chi connectivity index (χ3v) is 4.79. The largest absolute Gasteiger partial charge is 0.483 e. The molecule has 160 valence electrons. The molecule has 1 amide bonds. The summed E-state index contributed by atoms with van der Waals surface area (Å²) in [6.07, 6.45) is -2.59. The van der Waals surface area contributed by atoms with Gasteiger partial charge in [0.2, 0.25) is 0 Å². The van der Waals surface area contributed by atoms with Crippen LogP contribution in [0.1, 0.15) is 24.0 Å². The Bertz CT molecular complexity index is 957. The molecule has 1 aliphatic heterocycles. The Balaban J connectivity index is 1.67. The van der Waals surface area contributed by atoms with Crippen LogP contribution in [0.3, 0.4) is 0 Å². The maximum atomic E-state index is 13.2. The van der Waals surface area contributed by atoms with Crippen LogP contribution in [0.2, 0.25) is 0 Å².